The van der Waals surface area contributed by atoms with Gasteiger partial charge in [0.15, 0.2) is 0 Å². The van der Waals surface area contributed by atoms with Gasteiger partial charge in [0.25, 0.3) is 0 Å². The minimum Gasteiger partial charge on any atom is -0.317 e. The molecule has 0 spiro atoms. The van der Waals surface area contributed by atoms with Crippen molar-refractivity contribution in [1.82, 2.24) is 5.32 Å². The van der Waals surface area contributed by atoms with Crippen molar-refractivity contribution in [3.8, 4) is 0 Å². The van der Waals surface area contributed by atoms with Crippen molar-refractivity contribution in [2.75, 3.05) is 13.1 Å². The monoisotopic (exact) mass is 217 g/mol. The van der Waals surface area contributed by atoms with E-state index in [9.17, 15) is 0 Å². The van der Waals surface area contributed by atoms with Crippen LogP contribution in [0.2, 0.25) is 0 Å². The molecule has 16 heavy (non-hydrogen) atoms. The summed E-state index contributed by atoms with van der Waals surface area (Å²) >= 11 is 0. The molecular formula is C15H23N. The lowest BCUT2D eigenvalue weighted by Crippen LogP contribution is -2.13. The van der Waals surface area contributed by atoms with Crippen LogP contribution in [0.15, 0.2) is 24.3 Å². The Balaban J connectivity index is 2.71. The highest BCUT2D eigenvalue weighted by Crippen LogP contribution is 2.20. The number of hydrogen-bond donors (Lipinski definition) is 1. The summed E-state index contributed by atoms with van der Waals surface area (Å²) < 4.78 is 0. The highest BCUT2D eigenvalue weighted by Gasteiger charge is 2.00. The summed E-state index contributed by atoms with van der Waals surface area (Å²) in [5.74, 6) is 0. The van der Waals surface area contributed by atoms with Gasteiger partial charge in [-0.25, -0.2) is 0 Å². The van der Waals surface area contributed by atoms with E-state index in [0.29, 0.717) is 0 Å². The molecule has 1 N–H and O–H groups in total. The van der Waals surface area contributed by atoms with Gasteiger partial charge in [-0.05, 0) is 57.0 Å². The molecule has 1 nitrogen and oxygen atoms in total. The maximum absolute atomic E-state index is 3.34. The van der Waals surface area contributed by atoms with Gasteiger partial charge in [-0.1, -0.05) is 36.8 Å². The molecule has 0 amide bonds. The van der Waals surface area contributed by atoms with Crippen LogP contribution in [-0.4, -0.2) is 13.1 Å². The van der Waals surface area contributed by atoms with Crippen LogP contribution in [-0.2, 0) is 0 Å². The van der Waals surface area contributed by atoms with Crippen molar-refractivity contribution in [3.05, 3.63) is 41.0 Å². The molecule has 0 aliphatic rings. The molecule has 0 aromatic heterocycles. The van der Waals surface area contributed by atoms with Crippen LogP contribution in [0.3, 0.4) is 0 Å². The predicted octanol–water partition coefficient (Wildman–Crippen LogP) is 3.71. The smallest absolute Gasteiger partial charge is 0.00142 e. The zero-order chi connectivity index (χ0) is 12.0. The standard InChI is InChI=1S/C15H23N/c1-5-16-10-6-7-13(3)15-11-12(2)8-9-14(15)4/h7-9,11,16H,5-6,10H2,1-4H3. The molecule has 1 aromatic carbocycles. The summed E-state index contributed by atoms with van der Waals surface area (Å²) in [4.78, 5) is 0. The first kappa shape index (κ1) is 13.0. The molecule has 88 valence electrons. The van der Waals surface area contributed by atoms with E-state index in [0.717, 1.165) is 19.5 Å². The Kier molecular flexibility index (Phi) is 5.27. The second-order valence-electron chi connectivity index (χ2n) is 4.35. The van der Waals surface area contributed by atoms with Gasteiger partial charge in [0.1, 0.15) is 0 Å². The number of aryl methyl sites for hydroxylation is 2. The number of benzene rings is 1. The largest absolute Gasteiger partial charge is 0.317 e. The zero-order valence-electron chi connectivity index (χ0n) is 10.9. The third-order valence-corrected chi connectivity index (χ3v) is 2.84. The van der Waals surface area contributed by atoms with E-state index in [2.05, 4.69) is 57.3 Å². The summed E-state index contributed by atoms with van der Waals surface area (Å²) in [7, 11) is 0. The topological polar surface area (TPSA) is 12.0 Å². The molecule has 0 fully saturated rings. The van der Waals surface area contributed by atoms with Crippen LogP contribution in [0.1, 0.15) is 37.0 Å². The summed E-state index contributed by atoms with van der Waals surface area (Å²) in [5, 5.41) is 3.34. The third-order valence-electron chi connectivity index (χ3n) is 2.84. The predicted molar refractivity (Wildman–Crippen MR) is 72.7 cm³/mol. The molecule has 0 bridgehead atoms. The lowest BCUT2D eigenvalue weighted by molar-refractivity contribution is 0.727. The fourth-order valence-corrected chi connectivity index (χ4v) is 1.84. The van der Waals surface area contributed by atoms with Crippen LogP contribution in [0.4, 0.5) is 0 Å². The first-order chi connectivity index (χ1) is 7.65. The molecule has 0 aliphatic heterocycles. The molecule has 0 radical (unpaired) electrons. The quantitative estimate of drug-likeness (QED) is 0.741. The van der Waals surface area contributed by atoms with Crippen LogP contribution >= 0.6 is 0 Å². The van der Waals surface area contributed by atoms with Crippen LogP contribution in [0, 0.1) is 13.8 Å². The van der Waals surface area contributed by atoms with E-state index in [4.69, 9.17) is 0 Å². The van der Waals surface area contributed by atoms with Gasteiger partial charge in [0.2, 0.25) is 0 Å². The summed E-state index contributed by atoms with van der Waals surface area (Å²) in [5.41, 5.74) is 5.47. The Labute approximate surface area is 99.6 Å². The van der Waals surface area contributed by atoms with E-state index in [1.54, 1.807) is 0 Å². The minimum absolute atomic E-state index is 1.05. The highest BCUT2D eigenvalue weighted by atomic mass is 14.8. The minimum atomic E-state index is 1.05. The van der Waals surface area contributed by atoms with Gasteiger partial charge >= 0.3 is 0 Å². The van der Waals surface area contributed by atoms with Crippen molar-refractivity contribution >= 4 is 5.57 Å². The number of allylic oxidation sites excluding steroid dienone is 1. The second kappa shape index (κ2) is 6.49. The molecule has 0 unspecified atom stereocenters. The van der Waals surface area contributed by atoms with Crippen molar-refractivity contribution in [3.63, 3.8) is 0 Å². The summed E-state index contributed by atoms with van der Waals surface area (Å²) in [6, 6.07) is 6.64. The fraction of sp³-hybridized carbons (Fsp3) is 0.467. The van der Waals surface area contributed by atoms with E-state index in [1.165, 1.54) is 22.3 Å². The molecule has 1 aromatic rings. The summed E-state index contributed by atoms with van der Waals surface area (Å²) in [6.45, 7) is 10.8. The SMILES string of the molecule is CCNCCC=C(C)c1cc(C)ccc1C. The van der Waals surface area contributed by atoms with Crippen molar-refractivity contribution in [1.29, 1.82) is 0 Å². The van der Waals surface area contributed by atoms with Gasteiger partial charge in [0.05, 0.1) is 0 Å². The lowest BCUT2D eigenvalue weighted by atomic mass is 9.99. The Morgan fingerprint density at radius 1 is 1.31 bits per heavy atom. The van der Waals surface area contributed by atoms with Crippen LogP contribution in [0.5, 0.6) is 0 Å². The number of nitrogens with one attached hydrogen (secondary N) is 1. The van der Waals surface area contributed by atoms with Crippen molar-refractivity contribution < 1.29 is 0 Å². The van der Waals surface area contributed by atoms with Crippen molar-refractivity contribution in [2.45, 2.75) is 34.1 Å². The molecule has 1 rings (SSSR count). The van der Waals surface area contributed by atoms with Gasteiger partial charge < -0.3 is 5.32 Å². The first-order valence-corrected chi connectivity index (χ1v) is 6.10. The zero-order valence-corrected chi connectivity index (χ0v) is 10.9. The second-order valence-corrected chi connectivity index (χ2v) is 4.35. The van der Waals surface area contributed by atoms with Crippen LogP contribution < -0.4 is 5.32 Å². The maximum Gasteiger partial charge on any atom is -0.00142 e. The average Bonchev–Trinajstić information content (AvgIpc) is 2.27. The molecule has 0 heterocycles. The molecule has 0 saturated heterocycles. The van der Waals surface area contributed by atoms with Crippen LogP contribution in [0.25, 0.3) is 5.57 Å². The Morgan fingerprint density at radius 2 is 2.06 bits per heavy atom. The molecule has 0 saturated carbocycles. The molecule has 1 heteroatoms. The molecule has 0 atom stereocenters. The number of rotatable bonds is 5. The Morgan fingerprint density at radius 3 is 2.75 bits per heavy atom. The average molecular weight is 217 g/mol. The molecule has 0 aliphatic carbocycles. The van der Waals surface area contributed by atoms with E-state index >= 15 is 0 Å². The van der Waals surface area contributed by atoms with E-state index in [-0.39, 0.29) is 0 Å². The van der Waals surface area contributed by atoms with E-state index in [1.807, 2.05) is 0 Å². The van der Waals surface area contributed by atoms with Gasteiger partial charge in [-0.15, -0.1) is 0 Å². The fourth-order valence-electron chi connectivity index (χ4n) is 1.84. The van der Waals surface area contributed by atoms with E-state index < -0.39 is 0 Å². The highest BCUT2D eigenvalue weighted by molar-refractivity contribution is 5.66. The van der Waals surface area contributed by atoms with Gasteiger partial charge in [-0.3, -0.25) is 0 Å². The van der Waals surface area contributed by atoms with Gasteiger partial charge in [0, 0.05) is 0 Å². The Hall–Kier alpha value is -1.08. The summed E-state index contributed by atoms with van der Waals surface area (Å²) in [6.07, 6.45) is 3.43. The number of hydrogen-bond acceptors (Lipinski definition) is 1. The van der Waals surface area contributed by atoms with Gasteiger partial charge in [-0.2, -0.15) is 0 Å². The third kappa shape index (κ3) is 3.82. The lowest BCUT2D eigenvalue weighted by Gasteiger charge is -2.08. The maximum atomic E-state index is 3.34. The Bertz CT molecular complexity index is 364. The molecular weight excluding hydrogens is 194 g/mol. The van der Waals surface area contributed by atoms with Crippen molar-refractivity contribution in [2.24, 2.45) is 0 Å². The normalized spacial score (nSPS) is 11.9. The first-order valence-electron chi connectivity index (χ1n) is 6.10.